The molecule has 1 aliphatic carbocycles. The molecule has 0 aromatic carbocycles. The van der Waals surface area contributed by atoms with Crippen molar-refractivity contribution in [3.8, 4) is 0 Å². The molecule has 2 unspecified atom stereocenters. The van der Waals surface area contributed by atoms with Gasteiger partial charge in [-0.15, -0.1) is 0 Å². The van der Waals surface area contributed by atoms with Crippen molar-refractivity contribution in [2.75, 3.05) is 0 Å². The van der Waals surface area contributed by atoms with Crippen LogP contribution in [0, 0.1) is 5.41 Å². The minimum absolute atomic E-state index is 0.0264. The van der Waals surface area contributed by atoms with Crippen LogP contribution in [0.4, 0.5) is 0 Å². The van der Waals surface area contributed by atoms with Gasteiger partial charge < -0.3 is 0 Å². The van der Waals surface area contributed by atoms with Gasteiger partial charge in [0.2, 0.25) is 11.8 Å². The number of imide groups is 1. The predicted molar refractivity (Wildman–Crippen MR) is 55.0 cm³/mol. The Morgan fingerprint density at radius 2 is 1.77 bits per heavy atom. The van der Waals surface area contributed by atoms with Gasteiger partial charge in [-0.2, -0.15) is 25.3 Å². The first kappa shape index (κ1) is 9.40. The molecule has 0 aromatic heterocycles. The summed E-state index contributed by atoms with van der Waals surface area (Å²) in [6.45, 7) is 0. The summed E-state index contributed by atoms with van der Waals surface area (Å²) in [6, 6.07) is 0. The molecule has 0 bridgehead atoms. The highest BCUT2D eigenvalue weighted by Gasteiger charge is 2.57. The third-order valence-electron chi connectivity index (χ3n) is 3.03. The molecule has 0 radical (unpaired) electrons. The van der Waals surface area contributed by atoms with E-state index in [1.807, 2.05) is 0 Å². The molecule has 5 heteroatoms. The van der Waals surface area contributed by atoms with E-state index in [-0.39, 0.29) is 28.7 Å². The highest BCUT2D eigenvalue weighted by atomic mass is 32.1. The third kappa shape index (κ3) is 1.13. The van der Waals surface area contributed by atoms with Crippen molar-refractivity contribution in [2.45, 2.75) is 29.8 Å². The van der Waals surface area contributed by atoms with Crippen molar-refractivity contribution < 1.29 is 9.59 Å². The van der Waals surface area contributed by atoms with Crippen molar-refractivity contribution >= 4 is 37.1 Å². The van der Waals surface area contributed by atoms with Crippen molar-refractivity contribution in [3.05, 3.63) is 0 Å². The smallest absolute Gasteiger partial charge is 0.235 e. The molecule has 3 nitrogen and oxygen atoms in total. The highest BCUT2D eigenvalue weighted by molar-refractivity contribution is 7.82. The quantitative estimate of drug-likeness (QED) is 0.406. The van der Waals surface area contributed by atoms with E-state index in [1.165, 1.54) is 0 Å². The fourth-order valence-corrected chi connectivity index (χ4v) is 3.42. The standard InChI is InChI=1S/C8H11NO2S2/c10-6-3-8(7(11)9-6)4(12)1-2-5(8)13/h4-5,12-13H,1-3H2,(H,9,10,11). The van der Waals surface area contributed by atoms with E-state index in [0.29, 0.717) is 0 Å². The molecular weight excluding hydrogens is 206 g/mol. The van der Waals surface area contributed by atoms with Crippen molar-refractivity contribution in [1.29, 1.82) is 0 Å². The Labute approximate surface area is 87.5 Å². The summed E-state index contributed by atoms with van der Waals surface area (Å²) < 4.78 is 0. The Morgan fingerprint density at radius 3 is 2.15 bits per heavy atom. The summed E-state index contributed by atoms with van der Waals surface area (Å²) in [5.41, 5.74) is -0.636. The number of hydrogen-bond donors (Lipinski definition) is 3. The first-order chi connectivity index (χ1) is 6.07. The van der Waals surface area contributed by atoms with Gasteiger partial charge in [-0.05, 0) is 12.8 Å². The van der Waals surface area contributed by atoms with Crippen LogP contribution < -0.4 is 5.32 Å². The van der Waals surface area contributed by atoms with Gasteiger partial charge >= 0.3 is 0 Å². The van der Waals surface area contributed by atoms with E-state index in [2.05, 4.69) is 30.6 Å². The monoisotopic (exact) mass is 217 g/mol. The lowest BCUT2D eigenvalue weighted by Crippen LogP contribution is -2.41. The van der Waals surface area contributed by atoms with Gasteiger partial charge in [0.15, 0.2) is 0 Å². The number of carbonyl (C=O) groups is 2. The molecule has 2 aliphatic rings. The molecule has 2 atom stereocenters. The highest BCUT2D eigenvalue weighted by Crippen LogP contribution is 2.49. The first-order valence-electron chi connectivity index (χ1n) is 4.28. The van der Waals surface area contributed by atoms with Gasteiger partial charge in [-0.3, -0.25) is 14.9 Å². The zero-order chi connectivity index (χ0) is 9.64. The summed E-state index contributed by atoms with van der Waals surface area (Å²) in [7, 11) is 0. The second-order valence-corrected chi connectivity index (χ2v) is 4.95. The lowest BCUT2D eigenvalue weighted by atomic mass is 9.83. The minimum atomic E-state index is -0.636. The van der Waals surface area contributed by atoms with Crippen LogP contribution in [-0.2, 0) is 9.59 Å². The van der Waals surface area contributed by atoms with Gasteiger partial charge in [-0.25, -0.2) is 0 Å². The lowest BCUT2D eigenvalue weighted by molar-refractivity contribution is -0.128. The van der Waals surface area contributed by atoms with Gasteiger partial charge in [0, 0.05) is 16.9 Å². The van der Waals surface area contributed by atoms with Gasteiger partial charge in [0.1, 0.15) is 0 Å². The van der Waals surface area contributed by atoms with Crippen LogP contribution in [-0.4, -0.2) is 22.3 Å². The van der Waals surface area contributed by atoms with E-state index >= 15 is 0 Å². The van der Waals surface area contributed by atoms with Crippen LogP contribution >= 0.6 is 25.3 Å². The molecule has 1 spiro atoms. The van der Waals surface area contributed by atoms with E-state index < -0.39 is 5.41 Å². The van der Waals surface area contributed by atoms with Gasteiger partial charge in [0.25, 0.3) is 0 Å². The fraction of sp³-hybridized carbons (Fsp3) is 0.750. The lowest BCUT2D eigenvalue weighted by Gasteiger charge is -2.27. The Morgan fingerprint density at radius 1 is 1.23 bits per heavy atom. The zero-order valence-corrected chi connectivity index (χ0v) is 8.78. The average Bonchev–Trinajstić information content (AvgIpc) is 2.49. The van der Waals surface area contributed by atoms with Crippen molar-refractivity contribution in [3.63, 3.8) is 0 Å². The largest absolute Gasteiger partial charge is 0.296 e. The summed E-state index contributed by atoms with van der Waals surface area (Å²) in [5, 5.41) is 2.28. The third-order valence-corrected chi connectivity index (χ3v) is 4.47. The predicted octanol–water partition coefficient (Wildman–Crippen LogP) is 0.410. The van der Waals surface area contributed by atoms with E-state index in [9.17, 15) is 9.59 Å². The molecule has 72 valence electrons. The topological polar surface area (TPSA) is 46.2 Å². The van der Waals surface area contributed by atoms with Crippen LogP contribution in [0.15, 0.2) is 0 Å². The van der Waals surface area contributed by atoms with Crippen molar-refractivity contribution in [1.82, 2.24) is 5.32 Å². The van der Waals surface area contributed by atoms with Crippen LogP contribution in [0.5, 0.6) is 0 Å². The number of carbonyl (C=O) groups excluding carboxylic acids is 2. The Balaban J connectivity index is 2.37. The number of rotatable bonds is 0. The Bertz CT molecular complexity index is 269. The average molecular weight is 217 g/mol. The van der Waals surface area contributed by atoms with Gasteiger partial charge in [0.05, 0.1) is 5.41 Å². The molecule has 2 fully saturated rings. The van der Waals surface area contributed by atoms with Crippen LogP contribution in [0.2, 0.25) is 0 Å². The maximum absolute atomic E-state index is 11.6. The second kappa shape index (κ2) is 2.92. The minimum Gasteiger partial charge on any atom is -0.296 e. The Hall–Kier alpha value is -0.160. The number of amides is 2. The normalized spacial score (nSPS) is 44.5. The van der Waals surface area contributed by atoms with E-state index in [4.69, 9.17) is 0 Å². The summed E-state index contributed by atoms with van der Waals surface area (Å²) >= 11 is 8.74. The zero-order valence-electron chi connectivity index (χ0n) is 6.99. The number of nitrogens with one attached hydrogen (secondary N) is 1. The van der Waals surface area contributed by atoms with Crippen molar-refractivity contribution in [2.24, 2.45) is 5.41 Å². The summed E-state index contributed by atoms with van der Waals surface area (Å²) in [4.78, 5) is 22.7. The molecule has 1 aliphatic heterocycles. The van der Waals surface area contributed by atoms with E-state index in [0.717, 1.165) is 12.8 Å². The fourth-order valence-electron chi connectivity index (χ4n) is 2.22. The first-order valence-corrected chi connectivity index (χ1v) is 5.31. The summed E-state index contributed by atoms with van der Waals surface area (Å²) in [5.74, 6) is -0.375. The molecule has 0 aromatic rings. The molecule has 2 rings (SSSR count). The molecule has 1 N–H and O–H groups in total. The number of thiol groups is 2. The van der Waals surface area contributed by atoms with Crippen LogP contribution in [0.25, 0.3) is 0 Å². The molecular formula is C8H11NO2S2. The SMILES string of the molecule is O=C1CC2(C(=O)N1)C(S)CCC2S. The Kier molecular flexibility index (Phi) is 2.11. The van der Waals surface area contributed by atoms with Gasteiger partial charge in [-0.1, -0.05) is 0 Å². The van der Waals surface area contributed by atoms with Crippen LogP contribution in [0.1, 0.15) is 19.3 Å². The molecule has 1 heterocycles. The van der Waals surface area contributed by atoms with Crippen LogP contribution in [0.3, 0.4) is 0 Å². The molecule has 2 amide bonds. The maximum atomic E-state index is 11.6. The summed E-state index contributed by atoms with van der Waals surface area (Å²) in [6.07, 6.45) is 1.98. The number of hydrogen-bond acceptors (Lipinski definition) is 4. The van der Waals surface area contributed by atoms with E-state index in [1.54, 1.807) is 0 Å². The second-order valence-electron chi connectivity index (χ2n) is 3.70. The molecule has 1 saturated heterocycles. The molecule has 13 heavy (non-hydrogen) atoms. The maximum Gasteiger partial charge on any atom is 0.235 e. The molecule has 1 saturated carbocycles.